The van der Waals surface area contributed by atoms with Gasteiger partial charge >= 0.3 is 0 Å². The predicted molar refractivity (Wildman–Crippen MR) is 161 cm³/mol. The first-order chi connectivity index (χ1) is 19.9. The van der Waals surface area contributed by atoms with Gasteiger partial charge in [-0.05, 0) is 43.2 Å². The third-order valence-corrected chi connectivity index (χ3v) is 9.21. The van der Waals surface area contributed by atoms with Crippen LogP contribution in [0.1, 0.15) is 23.4 Å². The van der Waals surface area contributed by atoms with E-state index in [1.165, 1.54) is 21.1 Å². The molecule has 224 valence electrons. The second-order valence-corrected chi connectivity index (χ2v) is 12.7. The van der Waals surface area contributed by atoms with Crippen LogP contribution in [0.5, 0.6) is 0 Å². The molecule has 0 bridgehead atoms. The van der Waals surface area contributed by atoms with Gasteiger partial charge in [-0.1, -0.05) is 23.7 Å². The van der Waals surface area contributed by atoms with E-state index in [0.717, 1.165) is 10.2 Å². The zero-order valence-electron chi connectivity index (χ0n) is 23.9. The number of aliphatic hydroxyl groups is 2. The van der Waals surface area contributed by atoms with Gasteiger partial charge in [0.1, 0.15) is 5.01 Å². The molecule has 42 heavy (non-hydrogen) atoms. The number of likely N-dealkylation sites (tertiary alicyclic amines) is 1. The van der Waals surface area contributed by atoms with Gasteiger partial charge in [0.05, 0.1) is 34.5 Å². The molecule has 1 aromatic heterocycles. The van der Waals surface area contributed by atoms with E-state index in [-0.39, 0.29) is 42.8 Å². The van der Waals surface area contributed by atoms with Crippen LogP contribution in [0.15, 0.2) is 42.5 Å². The lowest BCUT2D eigenvalue weighted by molar-refractivity contribution is -0.138. The molecular weight excluding hydrogens is 580 g/mol. The zero-order valence-corrected chi connectivity index (χ0v) is 25.4. The van der Waals surface area contributed by atoms with Gasteiger partial charge in [-0.25, -0.2) is 4.98 Å². The highest BCUT2D eigenvalue weighted by Gasteiger charge is 2.60. The van der Waals surface area contributed by atoms with E-state index in [0.29, 0.717) is 34.2 Å². The summed E-state index contributed by atoms with van der Waals surface area (Å²) in [5, 5.41) is 26.6. The van der Waals surface area contributed by atoms with Gasteiger partial charge in [0.15, 0.2) is 5.54 Å². The van der Waals surface area contributed by atoms with Crippen LogP contribution in [0.25, 0.3) is 10.2 Å². The number of anilines is 1. The maximum absolute atomic E-state index is 13.7. The lowest BCUT2D eigenvalue weighted by Gasteiger charge is -2.39. The number of amides is 3. The third-order valence-electron chi connectivity index (χ3n) is 7.83. The maximum Gasteiger partial charge on any atom is 0.256 e. The average molecular weight is 615 g/mol. The molecule has 2 fully saturated rings. The molecule has 2 aromatic carbocycles. The molecule has 0 saturated carbocycles. The summed E-state index contributed by atoms with van der Waals surface area (Å²) in [4.78, 5) is 47.7. The van der Waals surface area contributed by atoms with Crippen LogP contribution in [-0.2, 0) is 19.9 Å². The topological polar surface area (TPSA) is 138 Å². The van der Waals surface area contributed by atoms with Crippen molar-refractivity contribution in [2.75, 3.05) is 46.6 Å². The number of thiazole rings is 1. The first kappa shape index (κ1) is 30.3. The number of aliphatic hydroxyl groups excluding tert-OH is 2. The number of nitrogens with one attached hydrogen (secondary N) is 2. The van der Waals surface area contributed by atoms with Crippen molar-refractivity contribution in [1.29, 1.82) is 0 Å². The van der Waals surface area contributed by atoms with Crippen molar-refractivity contribution in [3.05, 3.63) is 58.1 Å². The van der Waals surface area contributed by atoms with E-state index in [1.807, 2.05) is 24.3 Å². The largest absolute Gasteiger partial charge is 0.392 e. The Labute approximate surface area is 253 Å². The highest BCUT2D eigenvalue weighted by molar-refractivity contribution is 7.18. The standard InChI is InChI=1S/C22H21ClN4O3S.C7H14N2O2/c1-26(2)19(29)17-10-13(28)11-27(17)22(21-25-16-5-3-4-6-18(16)31-21)14-9-12(23)7-8-15(14)24-20(22)30;1-9(2)7(11)6-3-5(10)4-8-6/h3-9,13,17,28H,10-11H2,1-2H3,(H,24,30);5-6,8,10H,3-4H2,1-2H3/t13-,17+,22?;5-,6+/m11/s1. The second-order valence-electron chi connectivity index (χ2n) is 11.2. The molecule has 4 heterocycles. The van der Waals surface area contributed by atoms with Crippen LogP contribution in [0, 0.1) is 0 Å². The van der Waals surface area contributed by atoms with E-state index in [9.17, 15) is 19.5 Å². The summed E-state index contributed by atoms with van der Waals surface area (Å²) < 4.78 is 0.940. The molecule has 11 nitrogen and oxygen atoms in total. The Kier molecular flexibility index (Phi) is 8.57. The Morgan fingerprint density at radius 3 is 2.40 bits per heavy atom. The molecule has 0 spiro atoms. The summed E-state index contributed by atoms with van der Waals surface area (Å²) in [7, 11) is 6.79. The number of likely N-dealkylation sites (N-methyl/N-ethyl adjacent to an activating group) is 2. The van der Waals surface area contributed by atoms with E-state index in [1.54, 1.807) is 51.3 Å². The first-order valence-corrected chi connectivity index (χ1v) is 14.9. The van der Waals surface area contributed by atoms with Crippen LogP contribution < -0.4 is 10.6 Å². The number of aromatic nitrogens is 1. The van der Waals surface area contributed by atoms with E-state index in [4.69, 9.17) is 21.7 Å². The Morgan fingerprint density at radius 2 is 1.76 bits per heavy atom. The summed E-state index contributed by atoms with van der Waals surface area (Å²) >= 11 is 7.76. The number of hydrogen-bond acceptors (Lipinski definition) is 9. The van der Waals surface area contributed by atoms with Crippen molar-refractivity contribution in [2.24, 2.45) is 0 Å². The summed E-state index contributed by atoms with van der Waals surface area (Å²) in [6.45, 7) is 0.698. The molecule has 3 aliphatic rings. The summed E-state index contributed by atoms with van der Waals surface area (Å²) in [5.41, 5.74) is 0.693. The SMILES string of the molecule is CN(C)C(=O)[C@@H]1C[C@@H](O)CN1.CN(C)C(=O)[C@@H]1C[C@@H](O)CN1C1(c2nc3ccccc3s2)C(=O)Nc2ccc(Cl)cc21. The fourth-order valence-electron chi connectivity index (χ4n) is 5.84. The summed E-state index contributed by atoms with van der Waals surface area (Å²) in [6, 6.07) is 12.1. The highest BCUT2D eigenvalue weighted by atomic mass is 35.5. The Morgan fingerprint density at radius 1 is 1.05 bits per heavy atom. The lowest BCUT2D eigenvalue weighted by atomic mass is 9.88. The van der Waals surface area contributed by atoms with E-state index in [2.05, 4.69) is 10.6 Å². The van der Waals surface area contributed by atoms with Crippen molar-refractivity contribution < 1.29 is 24.6 Å². The number of benzene rings is 2. The number of hydrogen-bond donors (Lipinski definition) is 4. The molecule has 2 saturated heterocycles. The number of para-hydroxylation sites is 1. The summed E-state index contributed by atoms with van der Waals surface area (Å²) in [6.07, 6.45) is -0.316. The van der Waals surface area contributed by atoms with Crippen LogP contribution in [0.4, 0.5) is 5.69 Å². The van der Waals surface area contributed by atoms with Crippen LogP contribution in [-0.4, -0.2) is 113 Å². The van der Waals surface area contributed by atoms with Crippen LogP contribution in [0.2, 0.25) is 5.02 Å². The molecule has 0 aliphatic carbocycles. The lowest BCUT2D eigenvalue weighted by Crippen LogP contribution is -2.57. The van der Waals surface area contributed by atoms with Crippen molar-refractivity contribution >= 4 is 56.6 Å². The van der Waals surface area contributed by atoms with Gasteiger partial charge in [-0.2, -0.15) is 0 Å². The van der Waals surface area contributed by atoms with Crippen molar-refractivity contribution in [2.45, 2.75) is 42.7 Å². The first-order valence-electron chi connectivity index (χ1n) is 13.7. The van der Waals surface area contributed by atoms with Gasteiger partial charge < -0.3 is 30.6 Å². The molecule has 0 radical (unpaired) electrons. The smallest absolute Gasteiger partial charge is 0.256 e. The van der Waals surface area contributed by atoms with Gasteiger partial charge in [0, 0.05) is 57.6 Å². The fourth-order valence-corrected chi connectivity index (χ4v) is 7.20. The Balaban J connectivity index is 0.000000271. The van der Waals surface area contributed by atoms with Crippen molar-refractivity contribution in [3.63, 3.8) is 0 Å². The monoisotopic (exact) mass is 614 g/mol. The second kappa shape index (κ2) is 11.9. The molecule has 6 rings (SSSR count). The van der Waals surface area contributed by atoms with Gasteiger partial charge in [-0.3, -0.25) is 19.3 Å². The predicted octanol–water partition coefficient (Wildman–Crippen LogP) is 1.47. The Hall–Kier alpha value is -3.13. The number of rotatable bonds is 4. The van der Waals surface area contributed by atoms with Crippen molar-refractivity contribution in [1.82, 2.24) is 25.0 Å². The van der Waals surface area contributed by atoms with Crippen LogP contribution >= 0.6 is 22.9 Å². The molecule has 13 heteroatoms. The minimum Gasteiger partial charge on any atom is -0.392 e. The average Bonchev–Trinajstić information content (AvgIpc) is 3.72. The number of nitrogens with zero attached hydrogens (tertiary/aromatic N) is 4. The number of carbonyl (C=O) groups is 3. The van der Waals surface area contributed by atoms with Crippen LogP contribution in [0.3, 0.4) is 0 Å². The van der Waals surface area contributed by atoms with Gasteiger partial charge in [0.2, 0.25) is 11.8 Å². The normalized spacial score (nSPS) is 26.9. The molecule has 3 aromatic rings. The highest BCUT2D eigenvalue weighted by Crippen LogP contribution is 2.50. The van der Waals surface area contributed by atoms with Gasteiger partial charge in [0.25, 0.3) is 5.91 Å². The van der Waals surface area contributed by atoms with E-state index >= 15 is 0 Å². The molecule has 3 aliphatic heterocycles. The molecule has 3 amide bonds. The fraction of sp³-hybridized carbons (Fsp3) is 0.448. The zero-order chi connectivity index (χ0) is 30.3. The van der Waals surface area contributed by atoms with E-state index < -0.39 is 17.7 Å². The number of β-amino-alcohol motifs (C(OH)–C–C–N with tert-alkyl or cyclic N) is 2. The maximum atomic E-state index is 13.7. The number of fused-ring (bicyclic) bond motifs is 2. The molecule has 1 unspecified atom stereocenters. The molecule has 4 N–H and O–H groups in total. The third kappa shape index (κ3) is 5.38. The minimum atomic E-state index is -1.36. The van der Waals surface area contributed by atoms with Crippen molar-refractivity contribution in [3.8, 4) is 0 Å². The number of halogens is 1. The van der Waals surface area contributed by atoms with Gasteiger partial charge in [-0.15, -0.1) is 11.3 Å². The minimum absolute atomic E-state index is 0.0431. The Bertz CT molecular complexity index is 1480. The number of carbonyl (C=O) groups excluding carboxylic acids is 3. The molecular formula is C29H35ClN6O5S. The molecule has 5 atom stereocenters. The quantitative estimate of drug-likeness (QED) is 0.347. The summed E-state index contributed by atoms with van der Waals surface area (Å²) in [5.74, 6) is -0.420.